The molecular formula is C30H30ClFN2O5. The van der Waals surface area contributed by atoms with Crippen LogP contribution in [-0.4, -0.2) is 56.7 Å². The van der Waals surface area contributed by atoms with Crippen molar-refractivity contribution >= 4 is 23.4 Å². The first-order valence-electron chi connectivity index (χ1n) is 12.7. The Hall–Kier alpha value is -3.78. The summed E-state index contributed by atoms with van der Waals surface area (Å²) in [6.07, 6.45) is 0.371. The minimum Gasteiger partial charge on any atom is -0.497 e. The number of halogens is 2. The van der Waals surface area contributed by atoms with Gasteiger partial charge in [-0.25, -0.2) is 9.38 Å². The normalized spacial score (nSPS) is 20.1. The Bertz CT molecular complexity index is 1390. The van der Waals surface area contributed by atoms with Crippen LogP contribution in [-0.2, 0) is 16.0 Å². The third kappa shape index (κ3) is 5.13. The number of carbonyl (C=O) groups excluding carboxylic acids is 1. The highest BCUT2D eigenvalue weighted by Crippen LogP contribution is 2.44. The van der Waals surface area contributed by atoms with Gasteiger partial charge in [0.05, 0.1) is 39.8 Å². The molecule has 3 aromatic rings. The van der Waals surface area contributed by atoms with Gasteiger partial charge in [0.1, 0.15) is 17.7 Å². The molecule has 1 amide bonds. The summed E-state index contributed by atoms with van der Waals surface area (Å²) in [5, 5.41) is 0.248. The van der Waals surface area contributed by atoms with Crippen LogP contribution in [0.1, 0.15) is 41.6 Å². The molecule has 0 unspecified atom stereocenters. The van der Waals surface area contributed by atoms with E-state index in [1.54, 1.807) is 38.4 Å². The predicted molar refractivity (Wildman–Crippen MR) is 147 cm³/mol. The van der Waals surface area contributed by atoms with Crippen LogP contribution in [0.2, 0.25) is 5.02 Å². The van der Waals surface area contributed by atoms with Crippen LogP contribution < -0.4 is 14.2 Å². The Labute approximate surface area is 232 Å². The van der Waals surface area contributed by atoms with Crippen LogP contribution in [0.15, 0.2) is 59.6 Å². The lowest BCUT2D eigenvalue weighted by Gasteiger charge is -2.39. The Balaban J connectivity index is 1.48. The molecule has 9 heteroatoms. The maximum absolute atomic E-state index is 15.3. The number of methoxy groups -OCH3 is 3. The number of rotatable bonds is 7. The first-order chi connectivity index (χ1) is 18.8. The molecule has 204 valence electrons. The molecule has 0 spiro atoms. The van der Waals surface area contributed by atoms with Crippen molar-refractivity contribution in [2.24, 2.45) is 4.99 Å². The van der Waals surface area contributed by atoms with Crippen molar-refractivity contribution in [1.29, 1.82) is 0 Å². The molecule has 0 saturated heterocycles. The van der Waals surface area contributed by atoms with Gasteiger partial charge in [0.25, 0.3) is 0 Å². The summed E-state index contributed by atoms with van der Waals surface area (Å²) >= 11 is 6.55. The highest BCUT2D eigenvalue weighted by Gasteiger charge is 2.38. The first-order valence-corrected chi connectivity index (χ1v) is 13.1. The van der Waals surface area contributed by atoms with E-state index in [1.807, 2.05) is 43.3 Å². The summed E-state index contributed by atoms with van der Waals surface area (Å²) in [7, 11) is 4.72. The minimum atomic E-state index is -0.738. The number of benzene rings is 3. The Morgan fingerprint density at radius 3 is 2.46 bits per heavy atom. The van der Waals surface area contributed by atoms with E-state index in [1.165, 1.54) is 6.07 Å². The molecule has 2 aliphatic heterocycles. The minimum absolute atomic E-state index is 0.103. The lowest BCUT2D eigenvalue weighted by molar-refractivity contribution is -0.134. The van der Waals surface area contributed by atoms with Gasteiger partial charge in [0.15, 0.2) is 11.5 Å². The van der Waals surface area contributed by atoms with Crippen LogP contribution in [0.4, 0.5) is 4.39 Å². The van der Waals surface area contributed by atoms with Crippen molar-refractivity contribution < 1.29 is 28.1 Å². The number of amides is 1. The van der Waals surface area contributed by atoms with Crippen molar-refractivity contribution in [2.75, 3.05) is 27.9 Å². The highest BCUT2D eigenvalue weighted by molar-refractivity contribution is 6.31. The van der Waals surface area contributed by atoms with Crippen molar-refractivity contribution in [3.05, 3.63) is 87.7 Å². The Kier molecular flexibility index (Phi) is 7.66. The van der Waals surface area contributed by atoms with E-state index in [2.05, 4.69) is 0 Å². The average Bonchev–Trinajstić information content (AvgIpc) is 3.31. The number of aliphatic imine (C=N–C) groups is 1. The van der Waals surface area contributed by atoms with E-state index in [4.69, 9.17) is 35.5 Å². The van der Waals surface area contributed by atoms with Gasteiger partial charge >= 0.3 is 0 Å². The molecule has 7 nitrogen and oxygen atoms in total. The van der Waals surface area contributed by atoms with Gasteiger partial charge in [0.2, 0.25) is 11.8 Å². The molecule has 39 heavy (non-hydrogen) atoms. The zero-order valence-corrected chi connectivity index (χ0v) is 23.0. The molecule has 0 aromatic heterocycles. The van der Waals surface area contributed by atoms with Crippen LogP contribution in [0, 0.1) is 5.82 Å². The average molecular weight is 553 g/mol. The highest BCUT2D eigenvalue weighted by atomic mass is 35.5. The van der Waals surface area contributed by atoms with E-state index in [9.17, 15) is 4.79 Å². The largest absolute Gasteiger partial charge is 0.497 e. The molecule has 2 aliphatic rings. The predicted octanol–water partition coefficient (Wildman–Crippen LogP) is 5.60. The Morgan fingerprint density at radius 2 is 1.79 bits per heavy atom. The quantitative estimate of drug-likeness (QED) is 0.381. The summed E-state index contributed by atoms with van der Waals surface area (Å²) in [5.74, 6) is 1.64. The fraction of sp³-hybridized carbons (Fsp3) is 0.333. The smallest absolute Gasteiger partial charge is 0.225 e. The molecule has 2 heterocycles. The van der Waals surface area contributed by atoms with E-state index in [0.717, 1.165) is 22.4 Å². The number of carbonyl (C=O) groups is 1. The van der Waals surface area contributed by atoms with Crippen molar-refractivity contribution in [1.82, 2.24) is 4.90 Å². The second kappa shape index (κ2) is 11.1. The molecule has 0 fully saturated rings. The van der Waals surface area contributed by atoms with Gasteiger partial charge in [-0.3, -0.25) is 4.79 Å². The zero-order chi connectivity index (χ0) is 27.7. The van der Waals surface area contributed by atoms with Crippen molar-refractivity contribution in [3.63, 3.8) is 0 Å². The van der Waals surface area contributed by atoms with Gasteiger partial charge in [-0.05, 0) is 73.0 Å². The van der Waals surface area contributed by atoms with E-state index >= 15 is 4.39 Å². The van der Waals surface area contributed by atoms with Crippen LogP contribution in [0.3, 0.4) is 0 Å². The van der Waals surface area contributed by atoms with Crippen LogP contribution in [0.5, 0.6) is 17.2 Å². The summed E-state index contributed by atoms with van der Waals surface area (Å²) in [4.78, 5) is 20.3. The van der Waals surface area contributed by atoms with E-state index in [0.29, 0.717) is 30.4 Å². The topological polar surface area (TPSA) is 69.6 Å². The number of fused-ring (bicyclic) bond motifs is 1. The molecule has 3 atom stereocenters. The number of ether oxygens (including phenoxy) is 4. The number of nitrogens with zero attached hydrogens (tertiary/aromatic N) is 2. The fourth-order valence-corrected chi connectivity index (χ4v) is 5.49. The standard InChI is InChI=1S/C30H30ClFN2O5/c1-17-24(33-30(39-17)18-8-10-20(36-2)11-9-18)16-27(35)34-13-12-19-14-25(37-3)26(38-4)15-21(19)29(34)28-22(31)6-5-7-23(28)32/h5-11,14-15,17,24,29H,12-13,16H2,1-4H3/t17-,24+,29+/m0/s1. The maximum atomic E-state index is 15.3. The molecule has 3 aromatic carbocycles. The third-order valence-corrected chi connectivity index (χ3v) is 7.64. The van der Waals surface area contributed by atoms with Gasteiger partial charge < -0.3 is 23.8 Å². The van der Waals surface area contributed by atoms with Gasteiger partial charge in [0, 0.05) is 22.7 Å². The SMILES string of the molecule is COc1ccc(C2=N[C@H](CC(=O)N3CCc4cc(OC)c(OC)cc4[C@@H]3c3c(F)cccc3Cl)[C@H](C)O2)cc1. The summed E-state index contributed by atoms with van der Waals surface area (Å²) in [5.41, 5.74) is 2.75. The van der Waals surface area contributed by atoms with Gasteiger partial charge in [-0.2, -0.15) is 0 Å². The van der Waals surface area contributed by atoms with Crippen LogP contribution in [0.25, 0.3) is 0 Å². The van der Waals surface area contributed by atoms with Crippen molar-refractivity contribution in [2.45, 2.75) is 38.0 Å². The monoisotopic (exact) mass is 552 g/mol. The van der Waals surface area contributed by atoms with Gasteiger partial charge in [-0.1, -0.05) is 17.7 Å². The number of hydrogen-bond acceptors (Lipinski definition) is 6. The van der Waals surface area contributed by atoms with Crippen LogP contribution >= 0.6 is 11.6 Å². The molecule has 0 bridgehead atoms. The lowest BCUT2D eigenvalue weighted by Crippen LogP contribution is -2.42. The number of hydrogen-bond donors (Lipinski definition) is 0. The van der Waals surface area contributed by atoms with E-state index in [-0.39, 0.29) is 29.0 Å². The molecule has 0 N–H and O–H groups in total. The first kappa shape index (κ1) is 26.8. The molecule has 0 radical (unpaired) electrons. The molecular weight excluding hydrogens is 523 g/mol. The second-order valence-electron chi connectivity index (χ2n) is 9.54. The maximum Gasteiger partial charge on any atom is 0.225 e. The fourth-order valence-electron chi connectivity index (χ4n) is 5.22. The second-order valence-corrected chi connectivity index (χ2v) is 9.95. The zero-order valence-electron chi connectivity index (χ0n) is 22.2. The summed E-state index contributed by atoms with van der Waals surface area (Å²) in [6.45, 7) is 2.28. The van der Waals surface area contributed by atoms with Crippen molar-refractivity contribution in [3.8, 4) is 17.2 Å². The van der Waals surface area contributed by atoms with E-state index < -0.39 is 17.9 Å². The lowest BCUT2D eigenvalue weighted by atomic mass is 9.86. The summed E-state index contributed by atoms with van der Waals surface area (Å²) in [6, 6.07) is 14.5. The third-order valence-electron chi connectivity index (χ3n) is 7.31. The Morgan fingerprint density at radius 1 is 1.08 bits per heavy atom. The van der Waals surface area contributed by atoms with Gasteiger partial charge in [-0.15, -0.1) is 0 Å². The molecule has 0 aliphatic carbocycles. The summed E-state index contributed by atoms with van der Waals surface area (Å²) < 4.78 is 37.6. The molecule has 0 saturated carbocycles. The molecule has 5 rings (SSSR count).